The largest absolute Gasteiger partial charge is 0.493 e. The Morgan fingerprint density at radius 2 is 1.76 bits per heavy atom. The molecule has 3 aromatic carbocycles. The van der Waals surface area contributed by atoms with Gasteiger partial charge < -0.3 is 29.5 Å². The third-order valence-corrected chi connectivity index (χ3v) is 9.44. The minimum atomic E-state index is -0.201. The number of nitrogens with one attached hydrogen (secondary N) is 2. The lowest BCUT2D eigenvalue weighted by atomic mass is 9.93. The van der Waals surface area contributed by atoms with Gasteiger partial charge in [0.1, 0.15) is 36.5 Å². The lowest BCUT2D eigenvalue weighted by Gasteiger charge is -2.19. The zero-order valence-corrected chi connectivity index (χ0v) is 29.7. The molecule has 1 fully saturated rings. The number of pyridine rings is 1. The second-order valence-electron chi connectivity index (χ2n) is 12.8. The van der Waals surface area contributed by atoms with Crippen LogP contribution in [0.5, 0.6) is 17.2 Å². The van der Waals surface area contributed by atoms with Crippen LogP contribution in [0.3, 0.4) is 0 Å². The normalized spacial score (nSPS) is 14.4. The Morgan fingerprint density at radius 3 is 2.55 bits per heavy atom. The Kier molecular flexibility index (Phi) is 12.2. The van der Waals surface area contributed by atoms with Gasteiger partial charge in [-0.2, -0.15) is 10.4 Å². The van der Waals surface area contributed by atoms with Gasteiger partial charge in [0.05, 0.1) is 29.0 Å². The first kappa shape index (κ1) is 35.9. The van der Waals surface area contributed by atoms with E-state index in [1.807, 2.05) is 36.4 Å². The molecule has 51 heavy (non-hydrogen) atoms. The highest BCUT2D eigenvalue weighted by molar-refractivity contribution is 6.32. The number of aromatic amines is 1. The van der Waals surface area contributed by atoms with E-state index in [2.05, 4.69) is 63.5 Å². The van der Waals surface area contributed by atoms with E-state index in [4.69, 9.17) is 25.8 Å². The van der Waals surface area contributed by atoms with E-state index in [0.717, 1.165) is 82.9 Å². The van der Waals surface area contributed by atoms with Gasteiger partial charge in [0.2, 0.25) is 0 Å². The molecule has 264 valence electrons. The van der Waals surface area contributed by atoms with Crippen LogP contribution in [-0.4, -0.2) is 57.5 Å². The first-order valence-corrected chi connectivity index (χ1v) is 17.6. The van der Waals surface area contributed by atoms with Crippen molar-refractivity contribution in [2.45, 2.75) is 59.1 Å². The van der Waals surface area contributed by atoms with Crippen LogP contribution in [0.1, 0.15) is 51.9 Å². The van der Waals surface area contributed by atoms with E-state index in [1.54, 1.807) is 18.5 Å². The van der Waals surface area contributed by atoms with E-state index in [9.17, 15) is 10.4 Å². The molecular formula is C40H43ClN6O4. The van der Waals surface area contributed by atoms with Crippen molar-refractivity contribution < 1.29 is 19.3 Å². The van der Waals surface area contributed by atoms with Crippen LogP contribution in [0.2, 0.25) is 5.02 Å². The van der Waals surface area contributed by atoms with Gasteiger partial charge in [-0.15, -0.1) is 0 Å². The van der Waals surface area contributed by atoms with Crippen LogP contribution in [0.15, 0.2) is 79.3 Å². The van der Waals surface area contributed by atoms with Gasteiger partial charge in [0.15, 0.2) is 0 Å². The molecule has 11 heteroatoms. The lowest BCUT2D eigenvalue weighted by Crippen LogP contribution is -2.24. The van der Waals surface area contributed by atoms with E-state index < -0.39 is 0 Å². The molecule has 6 rings (SSSR count). The number of aliphatic hydroxyl groups is 1. The Labute approximate surface area is 304 Å². The average Bonchev–Trinajstić information content (AvgIpc) is 3.82. The topological polar surface area (TPSA) is 129 Å². The zero-order chi connectivity index (χ0) is 35.6. The molecule has 0 spiro atoms. The highest BCUT2D eigenvalue weighted by atomic mass is 35.5. The maximum atomic E-state index is 9.79. The summed E-state index contributed by atoms with van der Waals surface area (Å²) >= 11 is 6.80. The molecule has 0 bridgehead atoms. The molecule has 1 atom stereocenters. The summed E-state index contributed by atoms with van der Waals surface area (Å²) in [5.41, 5.74) is 8.48. The maximum absolute atomic E-state index is 9.79. The molecule has 2 aromatic heterocycles. The second-order valence-corrected chi connectivity index (χ2v) is 13.2. The van der Waals surface area contributed by atoms with Gasteiger partial charge in [-0.1, -0.05) is 41.9 Å². The summed E-state index contributed by atoms with van der Waals surface area (Å²) in [5, 5.41) is 30.0. The molecule has 0 unspecified atom stereocenters. The summed E-state index contributed by atoms with van der Waals surface area (Å²) in [6, 6.07) is 21.9. The smallest absolute Gasteiger partial charge is 0.142 e. The third kappa shape index (κ3) is 9.45. The molecule has 0 amide bonds. The van der Waals surface area contributed by atoms with Crippen molar-refractivity contribution in [3.8, 4) is 34.4 Å². The molecule has 3 heterocycles. The van der Waals surface area contributed by atoms with Crippen LogP contribution in [0.4, 0.5) is 0 Å². The van der Waals surface area contributed by atoms with Crippen LogP contribution >= 0.6 is 11.6 Å². The van der Waals surface area contributed by atoms with E-state index >= 15 is 0 Å². The zero-order valence-electron chi connectivity index (χ0n) is 29.0. The molecule has 10 nitrogen and oxygen atoms in total. The molecule has 3 N–H and O–H groups in total. The van der Waals surface area contributed by atoms with Crippen LogP contribution in [0, 0.1) is 25.2 Å². The second kappa shape index (κ2) is 17.3. The van der Waals surface area contributed by atoms with Gasteiger partial charge in [0, 0.05) is 68.5 Å². The minimum Gasteiger partial charge on any atom is -0.493 e. The van der Waals surface area contributed by atoms with Gasteiger partial charge in [-0.3, -0.25) is 10.1 Å². The Morgan fingerprint density at radius 1 is 0.941 bits per heavy atom. The van der Waals surface area contributed by atoms with Crippen molar-refractivity contribution in [2.24, 2.45) is 0 Å². The fourth-order valence-corrected chi connectivity index (χ4v) is 6.54. The van der Waals surface area contributed by atoms with E-state index in [0.29, 0.717) is 48.4 Å². The molecule has 1 saturated heterocycles. The number of rotatable bonds is 16. The third-order valence-electron chi connectivity index (χ3n) is 9.14. The first-order valence-electron chi connectivity index (χ1n) is 17.2. The van der Waals surface area contributed by atoms with Crippen molar-refractivity contribution in [3.05, 3.63) is 123 Å². The summed E-state index contributed by atoms with van der Waals surface area (Å²) in [4.78, 5) is 6.45. The van der Waals surface area contributed by atoms with Gasteiger partial charge in [-0.25, -0.2) is 0 Å². The lowest BCUT2D eigenvalue weighted by molar-refractivity contribution is 0.173. The van der Waals surface area contributed by atoms with E-state index in [1.165, 1.54) is 6.20 Å². The van der Waals surface area contributed by atoms with Crippen molar-refractivity contribution in [1.29, 1.82) is 5.26 Å². The van der Waals surface area contributed by atoms with Crippen molar-refractivity contribution in [3.63, 3.8) is 0 Å². The predicted molar refractivity (Wildman–Crippen MR) is 197 cm³/mol. The molecule has 0 radical (unpaired) electrons. The summed E-state index contributed by atoms with van der Waals surface area (Å²) in [6.45, 7) is 9.05. The summed E-state index contributed by atoms with van der Waals surface area (Å²) in [6.07, 6.45) is 6.55. The predicted octanol–water partition coefficient (Wildman–Crippen LogP) is 6.90. The Hall–Kier alpha value is -4.92. The fraction of sp³-hybridized carbons (Fsp3) is 0.325. The number of hydrogen-bond acceptors (Lipinski definition) is 9. The number of likely N-dealkylation sites (tertiary alicyclic amines) is 1. The SMILES string of the molecule is Cc1c(COc2cc(OCc3cncc(C#N)c3)c(CNCc3cc[nH]n3)cc2Cl)cccc1-c1cccc(OCCCN2CC[C@@H](O)C2)c1C. The number of nitrogens with zero attached hydrogens (tertiary/aromatic N) is 4. The van der Waals surface area contributed by atoms with Gasteiger partial charge in [0.25, 0.3) is 0 Å². The van der Waals surface area contributed by atoms with Gasteiger partial charge >= 0.3 is 0 Å². The molecule has 0 saturated carbocycles. The Bertz CT molecular complexity index is 1960. The van der Waals surface area contributed by atoms with Crippen molar-refractivity contribution in [2.75, 3.05) is 26.2 Å². The summed E-state index contributed by atoms with van der Waals surface area (Å²) in [7, 11) is 0. The average molecular weight is 707 g/mol. The molecule has 0 aliphatic carbocycles. The number of hydrogen-bond donors (Lipinski definition) is 3. The highest BCUT2D eigenvalue weighted by Gasteiger charge is 2.20. The highest BCUT2D eigenvalue weighted by Crippen LogP contribution is 2.36. The minimum absolute atomic E-state index is 0.201. The van der Waals surface area contributed by atoms with Crippen LogP contribution < -0.4 is 19.5 Å². The number of H-pyrrole nitrogens is 1. The van der Waals surface area contributed by atoms with E-state index in [-0.39, 0.29) is 12.7 Å². The number of ether oxygens (including phenoxy) is 3. The number of benzene rings is 3. The number of aliphatic hydroxyl groups excluding tert-OH is 1. The summed E-state index contributed by atoms with van der Waals surface area (Å²) in [5.74, 6) is 2.00. The molecule has 1 aliphatic rings. The number of β-amino-alcohol motifs (C(OH)–C–C–N with tert-alkyl or cyclic N) is 1. The first-order chi connectivity index (χ1) is 24.9. The van der Waals surface area contributed by atoms with Gasteiger partial charge in [-0.05, 0) is 78.8 Å². The number of aromatic nitrogens is 3. The standard InChI is InChI=1S/C40H43ClN6O4/c1-27-31(6-3-7-35(27)36-8-4-9-38(28(36)2)49-15-5-13-47-14-11-34(48)24-47)26-51-40-18-39(50-25-30-16-29(19-42)20-43-21-30)32(17-37(40)41)22-44-23-33-10-12-45-46-33/h3-4,6-10,12,16-18,20-21,34,44,48H,5,11,13-15,22-26H2,1-2H3,(H,45,46)/t34-/m1/s1. The van der Waals surface area contributed by atoms with Crippen molar-refractivity contribution in [1.82, 2.24) is 25.4 Å². The summed E-state index contributed by atoms with van der Waals surface area (Å²) < 4.78 is 18.9. The van der Waals surface area contributed by atoms with Crippen LogP contribution in [-0.2, 0) is 26.3 Å². The Balaban J connectivity index is 1.15. The maximum Gasteiger partial charge on any atom is 0.142 e. The quantitative estimate of drug-likeness (QED) is 0.0939. The monoisotopic (exact) mass is 706 g/mol. The molecule has 5 aromatic rings. The van der Waals surface area contributed by atoms with Crippen LogP contribution in [0.25, 0.3) is 11.1 Å². The number of halogens is 1. The van der Waals surface area contributed by atoms with Crippen molar-refractivity contribution >= 4 is 11.6 Å². The number of nitriles is 1. The molecular weight excluding hydrogens is 664 g/mol. The fourth-order valence-electron chi connectivity index (χ4n) is 6.30. The molecule has 1 aliphatic heterocycles.